The van der Waals surface area contributed by atoms with Gasteiger partial charge in [0.2, 0.25) is 0 Å². The van der Waals surface area contributed by atoms with Crippen molar-refractivity contribution in [2.75, 3.05) is 5.88 Å². The Bertz CT molecular complexity index is 353. The van der Waals surface area contributed by atoms with Crippen LogP contribution in [-0.2, 0) is 4.79 Å². The molecule has 1 rings (SSSR count). The number of hydrogen-bond acceptors (Lipinski definition) is 1. The highest BCUT2D eigenvalue weighted by Gasteiger charge is 2.21. The van der Waals surface area contributed by atoms with E-state index in [1.165, 1.54) is 0 Å². The summed E-state index contributed by atoms with van der Waals surface area (Å²) in [5.41, 5.74) is 0.686. The zero-order chi connectivity index (χ0) is 12.0. The van der Waals surface area contributed by atoms with Crippen molar-refractivity contribution in [2.24, 2.45) is 0 Å². The first-order valence-corrected chi connectivity index (χ1v) is 6.11. The van der Waals surface area contributed by atoms with E-state index in [2.05, 4.69) is 0 Å². The van der Waals surface area contributed by atoms with Gasteiger partial charge in [-0.2, -0.15) is 0 Å². The van der Waals surface area contributed by atoms with E-state index in [1.807, 2.05) is 0 Å². The van der Waals surface area contributed by atoms with E-state index in [1.54, 1.807) is 24.3 Å². The second kappa shape index (κ2) is 6.77. The van der Waals surface area contributed by atoms with Gasteiger partial charge in [-0.25, -0.2) is 0 Å². The lowest BCUT2D eigenvalue weighted by Crippen LogP contribution is -2.12. The molecule has 2 nitrogen and oxygen atoms in total. The van der Waals surface area contributed by atoms with Gasteiger partial charge in [-0.3, -0.25) is 4.79 Å². The lowest BCUT2D eigenvalue weighted by molar-refractivity contribution is -0.139. The Balaban J connectivity index is 2.78. The Hall–Kier alpha value is -0.730. The second-order valence-electron chi connectivity index (χ2n) is 3.60. The largest absolute Gasteiger partial charge is 0.481 e. The number of carboxylic acids is 1. The zero-order valence-electron chi connectivity index (χ0n) is 8.83. The Morgan fingerprint density at radius 2 is 2.00 bits per heavy atom. The molecule has 0 aromatic heterocycles. The summed E-state index contributed by atoms with van der Waals surface area (Å²) >= 11 is 11.6. The monoisotopic (exact) mass is 260 g/mol. The SMILES string of the molecule is O=C(O)C(CCCCCl)c1ccccc1Cl. The number of benzene rings is 1. The van der Waals surface area contributed by atoms with Gasteiger partial charge >= 0.3 is 5.97 Å². The fraction of sp³-hybridized carbons (Fsp3) is 0.417. The molecule has 0 heterocycles. The molecule has 16 heavy (non-hydrogen) atoms. The molecule has 4 heteroatoms. The molecule has 88 valence electrons. The maximum absolute atomic E-state index is 11.2. The molecule has 0 spiro atoms. The van der Waals surface area contributed by atoms with Crippen LogP contribution in [0.3, 0.4) is 0 Å². The van der Waals surface area contributed by atoms with Crippen molar-refractivity contribution in [1.82, 2.24) is 0 Å². The van der Waals surface area contributed by atoms with Crippen LogP contribution in [0.4, 0.5) is 0 Å². The van der Waals surface area contributed by atoms with Crippen LogP contribution in [0, 0.1) is 0 Å². The summed E-state index contributed by atoms with van der Waals surface area (Å²) in [5.74, 6) is -0.797. The quantitative estimate of drug-likeness (QED) is 0.622. The van der Waals surface area contributed by atoms with Gasteiger partial charge in [0.1, 0.15) is 0 Å². The minimum atomic E-state index is -0.831. The molecular formula is C12H14Cl2O2. The average Bonchev–Trinajstić information content (AvgIpc) is 2.25. The van der Waals surface area contributed by atoms with Crippen molar-refractivity contribution < 1.29 is 9.90 Å². The minimum absolute atomic E-state index is 0.515. The fourth-order valence-electron chi connectivity index (χ4n) is 1.61. The first-order valence-electron chi connectivity index (χ1n) is 5.20. The average molecular weight is 261 g/mol. The van der Waals surface area contributed by atoms with Crippen LogP contribution in [0.5, 0.6) is 0 Å². The maximum Gasteiger partial charge on any atom is 0.311 e. The molecule has 1 aromatic rings. The molecule has 0 bridgehead atoms. The Morgan fingerprint density at radius 3 is 2.56 bits per heavy atom. The van der Waals surface area contributed by atoms with Gasteiger partial charge in [-0.05, 0) is 24.5 Å². The van der Waals surface area contributed by atoms with Crippen LogP contribution in [0.2, 0.25) is 5.02 Å². The summed E-state index contributed by atoms with van der Waals surface area (Å²) in [7, 11) is 0. The number of carbonyl (C=O) groups is 1. The third-order valence-corrected chi connectivity index (χ3v) is 3.07. The maximum atomic E-state index is 11.2. The van der Waals surface area contributed by atoms with Crippen molar-refractivity contribution in [2.45, 2.75) is 25.2 Å². The first-order chi connectivity index (χ1) is 7.66. The molecule has 1 aromatic carbocycles. The molecule has 0 amide bonds. The van der Waals surface area contributed by atoms with Gasteiger partial charge in [0.15, 0.2) is 0 Å². The number of carboxylic acid groups (broad SMARTS) is 1. The molecule has 0 radical (unpaired) electrons. The van der Waals surface area contributed by atoms with Crippen molar-refractivity contribution in [3.63, 3.8) is 0 Å². The number of halogens is 2. The van der Waals surface area contributed by atoms with E-state index >= 15 is 0 Å². The summed E-state index contributed by atoms with van der Waals surface area (Å²) in [6.07, 6.45) is 2.20. The van der Waals surface area contributed by atoms with E-state index in [0.29, 0.717) is 22.9 Å². The van der Waals surface area contributed by atoms with Crippen molar-refractivity contribution in [3.05, 3.63) is 34.9 Å². The molecule has 1 unspecified atom stereocenters. The van der Waals surface area contributed by atoms with Gasteiger partial charge in [0.25, 0.3) is 0 Å². The van der Waals surface area contributed by atoms with Crippen molar-refractivity contribution >= 4 is 29.2 Å². The molecular weight excluding hydrogens is 247 g/mol. The molecule has 0 fully saturated rings. The topological polar surface area (TPSA) is 37.3 Å². The molecule has 0 saturated carbocycles. The zero-order valence-corrected chi connectivity index (χ0v) is 10.3. The summed E-state index contributed by atoms with van der Waals surface area (Å²) in [4.78, 5) is 11.2. The lowest BCUT2D eigenvalue weighted by atomic mass is 9.94. The van der Waals surface area contributed by atoms with E-state index in [4.69, 9.17) is 28.3 Å². The van der Waals surface area contributed by atoms with Crippen LogP contribution in [0.25, 0.3) is 0 Å². The van der Waals surface area contributed by atoms with Gasteiger partial charge < -0.3 is 5.11 Å². The number of alkyl halides is 1. The third-order valence-electron chi connectivity index (χ3n) is 2.46. The second-order valence-corrected chi connectivity index (χ2v) is 4.38. The minimum Gasteiger partial charge on any atom is -0.481 e. The van der Waals surface area contributed by atoms with Gasteiger partial charge in [-0.1, -0.05) is 36.2 Å². The molecule has 1 atom stereocenters. The summed E-state index contributed by atoms with van der Waals surface area (Å²) in [6, 6.07) is 7.08. The van der Waals surface area contributed by atoms with Crippen LogP contribution < -0.4 is 0 Å². The van der Waals surface area contributed by atoms with Gasteiger partial charge in [0.05, 0.1) is 5.92 Å². The summed E-state index contributed by atoms with van der Waals surface area (Å²) in [5, 5.41) is 9.67. The summed E-state index contributed by atoms with van der Waals surface area (Å²) < 4.78 is 0. The van der Waals surface area contributed by atoms with Crippen LogP contribution in [0.15, 0.2) is 24.3 Å². The molecule has 0 aliphatic carbocycles. The molecule has 0 aliphatic heterocycles. The first kappa shape index (κ1) is 13.3. The molecule has 1 N–H and O–H groups in total. The van der Waals surface area contributed by atoms with Crippen LogP contribution in [0.1, 0.15) is 30.7 Å². The Labute approximate surface area is 105 Å². The fourth-order valence-corrected chi connectivity index (χ4v) is 2.07. The molecule has 0 aliphatic rings. The standard InChI is InChI=1S/C12H14Cl2O2/c13-8-4-3-6-10(12(15)16)9-5-1-2-7-11(9)14/h1-2,5,7,10H,3-4,6,8H2,(H,15,16). The Morgan fingerprint density at radius 1 is 1.31 bits per heavy atom. The number of unbranched alkanes of at least 4 members (excludes halogenated alkanes) is 1. The highest BCUT2D eigenvalue weighted by molar-refractivity contribution is 6.31. The molecule has 0 saturated heterocycles. The normalized spacial score (nSPS) is 12.4. The Kier molecular flexibility index (Phi) is 5.64. The smallest absolute Gasteiger partial charge is 0.311 e. The van der Waals surface area contributed by atoms with Crippen molar-refractivity contribution in [1.29, 1.82) is 0 Å². The highest BCUT2D eigenvalue weighted by Crippen LogP contribution is 2.28. The van der Waals surface area contributed by atoms with Crippen LogP contribution >= 0.6 is 23.2 Å². The number of rotatable bonds is 6. The van der Waals surface area contributed by atoms with E-state index < -0.39 is 11.9 Å². The number of aliphatic carboxylic acids is 1. The van der Waals surface area contributed by atoms with E-state index in [9.17, 15) is 4.79 Å². The summed E-state index contributed by atoms with van der Waals surface area (Å²) in [6.45, 7) is 0. The van der Waals surface area contributed by atoms with Crippen LogP contribution in [-0.4, -0.2) is 17.0 Å². The highest BCUT2D eigenvalue weighted by atomic mass is 35.5. The number of hydrogen-bond donors (Lipinski definition) is 1. The van der Waals surface area contributed by atoms with E-state index in [0.717, 1.165) is 12.8 Å². The lowest BCUT2D eigenvalue weighted by Gasteiger charge is -2.13. The third kappa shape index (κ3) is 3.69. The predicted octanol–water partition coefficient (Wildman–Crippen LogP) is 3.92. The van der Waals surface area contributed by atoms with Gasteiger partial charge in [-0.15, -0.1) is 11.6 Å². The van der Waals surface area contributed by atoms with Crippen molar-refractivity contribution in [3.8, 4) is 0 Å². The predicted molar refractivity (Wildman–Crippen MR) is 66.4 cm³/mol. The van der Waals surface area contributed by atoms with E-state index in [-0.39, 0.29) is 0 Å². The van der Waals surface area contributed by atoms with Gasteiger partial charge in [0, 0.05) is 10.9 Å².